The Morgan fingerprint density at radius 1 is 1.11 bits per heavy atom. The molecule has 3 aliphatic heterocycles. The fraction of sp³-hybridized carbons (Fsp3) is 0.385. The summed E-state index contributed by atoms with van der Waals surface area (Å²) < 4.78 is 20.3. The minimum absolute atomic E-state index is 0.308. The molecule has 1 aromatic heterocycles. The lowest BCUT2D eigenvalue weighted by Crippen LogP contribution is -2.64. The molecule has 2 atom stereocenters. The second-order valence-corrected chi connectivity index (χ2v) is 9.38. The summed E-state index contributed by atoms with van der Waals surface area (Å²) in [5, 5.41) is 2.47. The number of imide groups is 1. The smallest absolute Gasteiger partial charge is 0.325 e. The van der Waals surface area contributed by atoms with E-state index < -0.39 is 18.2 Å². The Morgan fingerprint density at radius 2 is 1.89 bits per heavy atom. The zero-order chi connectivity index (χ0) is 25.5. The van der Waals surface area contributed by atoms with E-state index in [0.29, 0.717) is 74.2 Å². The van der Waals surface area contributed by atoms with E-state index in [-0.39, 0.29) is 11.7 Å². The van der Waals surface area contributed by atoms with Gasteiger partial charge in [-0.3, -0.25) is 15.0 Å². The average Bonchev–Trinajstić information content (AvgIpc) is 3.45. The molecule has 2 saturated heterocycles. The molecule has 37 heavy (non-hydrogen) atoms. The third-order valence-electron chi connectivity index (χ3n) is 7.12. The van der Waals surface area contributed by atoms with Crippen LogP contribution in [0.4, 0.5) is 14.9 Å². The van der Waals surface area contributed by atoms with Gasteiger partial charge in [-0.1, -0.05) is 30.3 Å². The van der Waals surface area contributed by atoms with Crippen LogP contribution in [0.15, 0.2) is 47.5 Å². The molecule has 0 bridgehead atoms. The Bertz CT molecular complexity index is 1370. The van der Waals surface area contributed by atoms with Gasteiger partial charge in [0.25, 0.3) is 5.91 Å². The molecule has 0 aliphatic carbocycles. The minimum atomic E-state index is -0.636. The molecule has 11 heteroatoms. The van der Waals surface area contributed by atoms with Crippen LogP contribution < -0.4 is 10.2 Å². The Balaban J connectivity index is 1.33. The zero-order valence-electron chi connectivity index (χ0n) is 20.5. The summed E-state index contributed by atoms with van der Waals surface area (Å²) in [6.45, 7) is 5.12. The number of urea groups is 1. The van der Waals surface area contributed by atoms with Gasteiger partial charge in [-0.25, -0.2) is 19.2 Å². The zero-order valence-corrected chi connectivity index (χ0v) is 20.5. The second-order valence-electron chi connectivity index (χ2n) is 9.38. The highest BCUT2D eigenvalue weighted by atomic mass is 19.1. The van der Waals surface area contributed by atoms with Crippen molar-refractivity contribution in [1.29, 1.82) is 0 Å². The number of morpholine rings is 1. The van der Waals surface area contributed by atoms with E-state index in [1.165, 1.54) is 6.07 Å². The van der Waals surface area contributed by atoms with Crippen molar-refractivity contribution in [2.45, 2.75) is 32.1 Å². The molecule has 4 heterocycles. The van der Waals surface area contributed by atoms with Crippen LogP contribution in [0.2, 0.25) is 0 Å². The first-order valence-corrected chi connectivity index (χ1v) is 12.5. The highest BCUT2D eigenvalue weighted by molar-refractivity contribution is 6.04. The van der Waals surface area contributed by atoms with Crippen molar-refractivity contribution in [3.8, 4) is 0 Å². The summed E-state index contributed by atoms with van der Waals surface area (Å²) in [7, 11) is 0. The van der Waals surface area contributed by atoms with Crippen LogP contribution in [0.5, 0.6) is 0 Å². The minimum Gasteiger partial charge on any atom is -0.378 e. The molecule has 6 rings (SSSR count). The molecular weight excluding hydrogens is 477 g/mol. The second kappa shape index (κ2) is 9.47. The van der Waals surface area contributed by atoms with Crippen LogP contribution >= 0.6 is 0 Å². The number of rotatable bonds is 6. The van der Waals surface area contributed by atoms with E-state index in [0.717, 1.165) is 5.56 Å². The summed E-state index contributed by atoms with van der Waals surface area (Å²) in [5.74, 6) is 0.582. The first kappa shape index (κ1) is 23.4. The number of hydrogen-bond donors (Lipinski definition) is 2. The monoisotopic (exact) mass is 505 g/mol. The van der Waals surface area contributed by atoms with E-state index in [1.54, 1.807) is 11.0 Å². The largest absolute Gasteiger partial charge is 0.378 e. The predicted molar refractivity (Wildman–Crippen MR) is 136 cm³/mol. The van der Waals surface area contributed by atoms with E-state index in [9.17, 15) is 14.0 Å². The Hall–Kier alpha value is -3.99. The van der Waals surface area contributed by atoms with Crippen molar-refractivity contribution < 1.29 is 18.7 Å². The number of anilines is 1. The molecule has 0 spiro atoms. The number of ether oxygens (including phenoxy) is 1. The highest BCUT2D eigenvalue weighted by Crippen LogP contribution is 2.29. The number of fused-ring (bicyclic) bond motifs is 2. The van der Waals surface area contributed by atoms with Crippen LogP contribution in [0.25, 0.3) is 11.0 Å². The number of amides is 3. The fourth-order valence-corrected chi connectivity index (χ4v) is 5.31. The number of carbonyl (C=O) groups excluding carboxylic acids is 2. The topological polar surface area (TPSA) is 106 Å². The van der Waals surface area contributed by atoms with E-state index in [2.05, 4.69) is 10.3 Å². The van der Waals surface area contributed by atoms with E-state index in [4.69, 9.17) is 14.7 Å². The SMILES string of the molecule is CCN1C(=O)NC(=O)C2C1N=C(Cc1nc3cc(N4CCOCC4)c(F)cc3[nH]1)N2Cc1ccccc1. The Labute approximate surface area is 213 Å². The number of aliphatic imine (C=N–C) groups is 1. The van der Waals surface area contributed by atoms with Gasteiger partial charge < -0.3 is 19.5 Å². The number of imidazole rings is 1. The van der Waals surface area contributed by atoms with Gasteiger partial charge >= 0.3 is 6.03 Å². The van der Waals surface area contributed by atoms with Crippen molar-refractivity contribution in [2.75, 3.05) is 37.7 Å². The van der Waals surface area contributed by atoms with Gasteiger partial charge in [0.2, 0.25) is 0 Å². The molecule has 0 saturated carbocycles. The van der Waals surface area contributed by atoms with Crippen molar-refractivity contribution in [3.05, 3.63) is 59.7 Å². The lowest BCUT2D eigenvalue weighted by atomic mass is 10.1. The summed E-state index contributed by atoms with van der Waals surface area (Å²) in [6, 6.07) is 12.0. The first-order valence-electron chi connectivity index (χ1n) is 12.5. The normalized spacial score (nSPS) is 21.9. The van der Waals surface area contributed by atoms with Crippen molar-refractivity contribution in [3.63, 3.8) is 0 Å². The third kappa shape index (κ3) is 4.29. The third-order valence-corrected chi connectivity index (χ3v) is 7.12. The maximum atomic E-state index is 14.9. The van der Waals surface area contributed by atoms with Gasteiger partial charge in [-0.2, -0.15) is 0 Å². The van der Waals surface area contributed by atoms with Gasteiger partial charge in [-0.05, 0) is 18.6 Å². The van der Waals surface area contributed by atoms with E-state index >= 15 is 0 Å². The number of hydrogen-bond acceptors (Lipinski definition) is 7. The first-order chi connectivity index (χ1) is 18.0. The van der Waals surface area contributed by atoms with Crippen LogP contribution in [-0.2, 0) is 22.5 Å². The van der Waals surface area contributed by atoms with Gasteiger partial charge in [-0.15, -0.1) is 0 Å². The van der Waals surface area contributed by atoms with Crippen molar-refractivity contribution >= 4 is 34.5 Å². The molecule has 192 valence electrons. The molecule has 2 aromatic carbocycles. The highest BCUT2D eigenvalue weighted by Gasteiger charge is 2.49. The number of likely N-dealkylation sites (N-methyl/N-ethyl adjacent to an activating group) is 1. The predicted octanol–water partition coefficient (Wildman–Crippen LogP) is 2.26. The quantitative estimate of drug-likeness (QED) is 0.533. The number of nitrogens with one attached hydrogen (secondary N) is 2. The molecule has 3 aliphatic rings. The summed E-state index contributed by atoms with van der Waals surface area (Å²) >= 11 is 0. The van der Waals surface area contributed by atoms with Gasteiger partial charge in [0, 0.05) is 32.2 Å². The Kier molecular flexibility index (Phi) is 5.99. The number of aromatic amines is 1. The molecule has 3 aromatic rings. The van der Waals surface area contributed by atoms with E-state index in [1.807, 2.05) is 47.1 Å². The summed E-state index contributed by atoms with van der Waals surface area (Å²) in [6.07, 6.45) is -0.304. The molecular formula is C26H28FN7O3. The molecule has 2 unspecified atom stereocenters. The summed E-state index contributed by atoms with van der Waals surface area (Å²) in [5.41, 5.74) is 2.79. The number of benzene rings is 2. The number of aromatic nitrogens is 2. The van der Waals surface area contributed by atoms with Gasteiger partial charge in [0.05, 0.1) is 36.4 Å². The number of halogens is 1. The van der Waals surface area contributed by atoms with Crippen LogP contribution in [-0.4, -0.2) is 82.6 Å². The number of amidine groups is 1. The number of H-pyrrole nitrogens is 1. The molecule has 2 N–H and O–H groups in total. The lowest BCUT2D eigenvalue weighted by molar-refractivity contribution is -0.127. The molecule has 3 amide bonds. The number of nitrogens with zero attached hydrogens (tertiary/aromatic N) is 5. The fourth-order valence-electron chi connectivity index (χ4n) is 5.31. The van der Waals surface area contributed by atoms with Crippen LogP contribution in [0.1, 0.15) is 18.3 Å². The number of carbonyl (C=O) groups is 2. The molecule has 2 fully saturated rings. The Morgan fingerprint density at radius 3 is 2.65 bits per heavy atom. The van der Waals surface area contributed by atoms with Crippen molar-refractivity contribution in [1.82, 2.24) is 25.1 Å². The van der Waals surface area contributed by atoms with Crippen LogP contribution in [0, 0.1) is 5.82 Å². The van der Waals surface area contributed by atoms with Gasteiger partial charge in [0.15, 0.2) is 12.2 Å². The molecule has 0 radical (unpaired) electrons. The molecule has 10 nitrogen and oxygen atoms in total. The van der Waals surface area contributed by atoms with Gasteiger partial charge in [0.1, 0.15) is 17.5 Å². The lowest BCUT2D eigenvalue weighted by Gasteiger charge is -2.37. The van der Waals surface area contributed by atoms with Crippen LogP contribution in [0.3, 0.4) is 0 Å². The standard InChI is InChI=1S/C26H28FN7O3/c1-2-33-24-23(25(35)31-26(33)36)34(15-16-6-4-3-5-7-16)22(30-24)14-21-28-18-12-17(27)20(13-19(18)29-21)32-8-10-37-11-9-32/h3-7,12-13,23-24H,2,8-11,14-15H2,1H3,(H,28,29)(H,31,35,36). The summed E-state index contributed by atoms with van der Waals surface area (Å²) in [4.78, 5) is 43.7. The van der Waals surface area contributed by atoms with Crippen molar-refractivity contribution in [2.24, 2.45) is 4.99 Å². The maximum Gasteiger partial charge on any atom is 0.325 e. The maximum absolute atomic E-state index is 14.9. The average molecular weight is 506 g/mol.